The topological polar surface area (TPSA) is 67.7 Å². The molecule has 0 bridgehead atoms. The number of anilines is 1. The van der Waals surface area contributed by atoms with E-state index in [-0.39, 0.29) is 22.9 Å². The Kier molecular flexibility index (Phi) is 6.01. The van der Waals surface area contributed by atoms with E-state index in [1.165, 1.54) is 0 Å². The van der Waals surface area contributed by atoms with Gasteiger partial charge in [-0.1, -0.05) is 44.7 Å². The zero-order chi connectivity index (χ0) is 22.2. The number of amides is 1. The van der Waals surface area contributed by atoms with Crippen LogP contribution in [0, 0.1) is 0 Å². The Bertz CT molecular complexity index is 1020. The highest BCUT2D eigenvalue weighted by Gasteiger charge is 2.32. The van der Waals surface area contributed by atoms with Gasteiger partial charge in [-0.2, -0.15) is 0 Å². The maximum atomic E-state index is 13.0. The fourth-order valence-corrected chi connectivity index (χ4v) is 5.26. The van der Waals surface area contributed by atoms with E-state index in [0.717, 1.165) is 35.4 Å². The fourth-order valence-electron chi connectivity index (χ4n) is 4.11. The van der Waals surface area contributed by atoms with Gasteiger partial charge in [-0.15, -0.1) is 0 Å². The van der Waals surface area contributed by atoms with Gasteiger partial charge in [-0.05, 0) is 12.1 Å². The van der Waals surface area contributed by atoms with Crippen molar-refractivity contribution >= 4 is 23.4 Å². The van der Waals surface area contributed by atoms with E-state index in [1.54, 1.807) is 29.5 Å². The molecule has 0 saturated carbocycles. The van der Waals surface area contributed by atoms with E-state index in [1.807, 2.05) is 29.2 Å². The molecule has 0 aliphatic carbocycles. The average molecular weight is 443 g/mol. The number of piperazine rings is 1. The molecule has 0 N–H and O–H groups in total. The van der Waals surface area contributed by atoms with Crippen molar-refractivity contribution < 1.29 is 9.53 Å². The third-order valence-electron chi connectivity index (χ3n) is 5.93. The van der Waals surface area contributed by atoms with Gasteiger partial charge < -0.3 is 14.5 Å². The van der Waals surface area contributed by atoms with Gasteiger partial charge in [0.15, 0.2) is 5.16 Å². The maximum absolute atomic E-state index is 13.0. The van der Waals surface area contributed by atoms with Crippen LogP contribution in [0.2, 0.25) is 0 Å². The molecule has 7 nitrogen and oxygen atoms in total. The van der Waals surface area contributed by atoms with Gasteiger partial charge in [0.05, 0.1) is 24.5 Å². The van der Waals surface area contributed by atoms with Crippen LogP contribution in [0.4, 0.5) is 5.69 Å². The standard InChI is InChI=1S/C23H30N4O3S/c1-23(2,3)19-14-21(29)27-16(15-31-22(27)24-19)13-20(28)26-11-9-25(10-12-26)17-7-5-6-8-18(17)30-4/h5-8,14,16H,9-13,15H2,1-4H3. The van der Waals surface area contributed by atoms with Crippen LogP contribution in [-0.4, -0.2) is 59.4 Å². The molecule has 1 atom stereocenters. The van der Waals surface area contributed by atoms with Crippen molar-refractivity contribution in [3.8, 4) is 5.75 Å². The minimum absolute atomic E-state index is 0.0567. The molecule has 1 amide bonds. The summed E-state index contributed by atoms with van der Waals surface area (Å²) in [6.45, 7) is 9.02. The fraction of sp³-hybridized carbons (Fsp3) is 0.522. The highest BCUT2D eigenvalue weighted by atomic mass is 32.2. The summed E-state index contributed by atoms with van der Waals surface area (Å²) in [5.74, 6) is 1.66. The van der Waals surface area contributed by atoms with Gasteiger partial charge >= 0.3 is 0 Å². The third-order valence-corrected chi connectivity index (χ3v) is 7.02. The summed E-state index contributed by atoms with van der Waals surface area (Å²) in [5, 5.41) is 0.733. The van der Waals surface area contributed by atoms with Gasteiger partial charge in [0.2, 0.25) is 5.91 Å². The lowest BCUT2D eigenvalue weighted by atomic mass is 9.92. The van der Waals surface area contributed by atoms with Crippen molar-refractivity contribution in [3.05, 3.63) is 46.4 Å². The molecule has 166 valence electrons. The second-order valence-electron chi connectivity index (χ2n) is 9.09. The normalized spacial score (nSPS) is 18.8. The highest BCUT2D eigenvalue weighted by Crippen LogP contribution is 2.34. The van der Waals surface area contributed by atoms with Gasteiger partial charge in [0, 0.05) is 49.8 Å². The number of benzene rings is 1. The molecule has 2 aromatic rings. The molecule has 1 fully saturated rings. The molecule has 1 unspecified atom stereocenters. The number of carbonyl (C=O) groups is 1. The second kappa shape index (κ2) is 8.57. The van der Waals surface area contributed by atoms with E-state index in [9.17, 15) is 9.59 Å². The molecule has 3 heterocycles. The Morgan fingerprint density at radius 2 is 1.90 bits per heavy atom. The van der Waals surface area contributed by atoms with E-state index in [2.05, 4.69) is 25.7 Å². The van der Waals surface area contributed by atoms with Crippen LogP contribution < -0.4 is 15.2 Å². The number of fused-ring (bicyclic) bond motifs is 1. The predicted octanol–water partition coefficient (Wildman–Crippen LogP) is 2.94. The Hall–Kier alpha value is -2.48. The van der Waals surface area contributed by atoms with Crippen molar-refractivity contribution in [2.75, 3.05) is 43.9 Å². The summed E-state index contributed by atoms with van der Waals surface area (Å²) in [6.07, 6.45) is 0.338. The monoisotopic (exact) mass is 442 g/mol. The Morgan fingerprint density at radius 3 is 2.58 bits per heavy atom. The Morgan fingerprint density at radius 1 is 1.19 bits per heavy atom. The SMILES string of the molecule is COc1ccccc1N1CCN(C(=O)CC2CSc3nc(C(C)(C)C)cc(=O)n32)CC1. The quantitative estimate of drug-likeness (QED) is 0.679. The van der Waals surface area contributed by atoms with E-state index >= 15 is 0 Å². The minimum Gasteiger partial charge on any atom is -0.495 e. The number of rotatable bonds is 4. The zero-order valence-corrected chi connectivity index (χ0v) is 19.4. The minimum atomic E-state index is -0.176. The molecule has 1 aromatic carbocycles. The van der Waals surface area contributed by atoms with Gasteiger partial charge in [0.25, 0.3) is 5.56 Å². The molecule has 0 radical (unpaired) electrons. The van der Waals surface area contributed by atoms with Crippen LogP contribution in [0.5, 0.6) is 5.75 Å². The van der Waals surface area contributed by atoms with Crippen molar-refractivity contribution in [1.82, 2.24) is 14.5 Å². The number of aromatic nitrogens is 2. The number of hydrogen-bond acceptors (Lipinski definition) is 6. The molecular formula is C23H30N4O3S. The average Bonchev–Trinajstić information content (AvgIpc) is 3.16. The van der Waals surface area contributed by atoms with Crippen LogP contribution in [0.15, 0.2) is 40.3 Å². The summed E-state index contributed by atoms with van der Waals surface area (Å²) in [6, 6.07) is 9.46. The molecular weight excluding hydrogens is 412 g/mol. The number of para-hydroxylation sites is 2. The molecule has 0 spiro atoms. The molecule has 31 heavy (non-hydrogen) atoms. The number of ether oxygens (including phenoxy) is 1. The van der Waals surface area contributed by atoms with E-state index in [0.29, 0.717) is 25.3 Å². The predicted molar refractivity (Wildman–Crippen MR) is 123 cm³/mol. The number of hydrogen-bond donors (Lipinski definition) is 0. The largest absolute Gasteiger partial charge is 0.495 e. The van der Waals surface area contributed by atoms with E-state index < -0.39 is 0 Å². The first-order valence-electron chi connectivity index (χ1n) is 10.7. The van der Waals surface area contributed by atoms with Gasteiger partial charge in [-0.25, -0.2) is 4.98 Å². The second-order valence-corrected chi connectivity index (χ2v) is 10.1. The van der Waals surface area contributed by atoms with Crippen LogP contribution in [0.1, 0.15) is 38.9 Å². The summed E-state index contributed by atoms with van der Waals surface area (Å²) in [4.78, 5) is 34.6. The number of methoxy groups -OCH3 is 1. The summed E-state index contributed by atoms with van der Waals surface area (Å²) >= 11 is 1.57. The Balaban J connectivity index is 1.41. The summed E-state index contributed by atoms with van der Waals surface area (Å²) < 4.78 is 7.18. The lowest BCUT2D eigenvalue weighted by Crippen LogP contribution is -2.49. The van der Waals surface area contributed by atoms with Crippen LogP contribution in [-0.2, 0) is 10.2 Å². The highest BCUT2D eigenvalue weighted by molar-refractivity contribution is 7.99. The van der Waals surface area contributed by atoms with Gasteiger partial charge in [-0.3, -0.25) is 14.2 Å². The Labute approximate surface area is 187 Å². The number of thioether (sulfide) groups is 1. The molecule has 1 aromatic heterocycles. The zero-order valence-electron chi connectivity index (χ0n) is 18.6. The summed E-state index contributed by atoms with van der Waals surface area (Å²) in [5.41, 5.74) is 1.63. The third kappa shape index (κ3) is 4.44. The lowest BCUT2D eigenvalue weighted by Gasteiger charge is -2.37. The first-order chi connectivity index (χ1) is 14.8. The van der Waals surface area contributed by atoms with Crippen molar-refractivity contribution in [1.29, 1.82) is 0 Å². The molecule has 2 aliphatic rings. The van der Waals surface area contributed by atoms with E-state index in [4.69, 9.17) is 9.72 Å². The van der Waals surface area contributed by atoms with Crippen LogP contribution in [0.25, 0.3) is 0 Å². The number of nitrogens with zero attached hydrogens (tertiary/aromatic N) is 4. The summed E-state index contributed by atoms with van der Waals surface area (Å²) in [7, 11) is 1.68. The van der Waals surface area contributed by atoms with Crippen molar-refractivity contribution in [2.45, 2.75) is 43.8 Å². The number of carbonyl (C=O) groups excluding carboxylic acids is 1. The van der Waals surface area contributed by atoms with Crippen molar-refractivity contribution in [2.24, 2.45) is 0 Å². The van der Waals surface area contributed by atoms with Crippen LogP contribution >= 0.6 is 11.8 Å². The first kappa shape index (κ1) is 21.7. The van der Waals surface area contributed by atoms with Crippen LogP contribution in [0.3, 0.4) is 0 Å². The van der Waals surface area contributed by atoms with Gasteiger partial charge in [0.1, 0.15) is 5.75 Å². The maximum Gasteiger partial charge on any atom is 0.254 e. The van der Waals surface area contributed by atoms with Crippen molar-refractivity contribution in [3.63, 3.8) is 0 Å². The molecule has 8 heteroatoms. The smallest absolute Gasteiger partial charge is 0.254 e. The molecule has 1 saturated heterocycles. The lowest BCUT2D eigenvalue weighted by molar-refractivity contribution is -0.132. The molecule has 2 aliphatic heterocycles. The molecule has 4 rings (SSSR count). The first-order valence-corrected chi connectivity index (χ1v) is 11.7.